The van der Waals surface area contributed by atoms with Crippen LogP contribution in [0.25, 0.3) is 22.8 Å². The van der Waals surface area contributed by atoms with Crippen LogP contribution in [-0.4, -0.2) is 34.8 Å². The number of rotatable bonds is 8. The molecule has 0 unspecified atom stereocenters. The maximum Gasteiger partial charge on any atom is 0.263 e. The van der Waals surface area contributed by atoms with Gasteiger partial charge in [0.25, 0.3) is 11.4 Å². The standard InChI is InChI=1S/C25H24N4O5/c1-4-16-7-10-18(11-8-16)26-22(30)15-29-13-5-6-19(25(29)31)24-27-23(28-34-24)17-9-12-20(32-2)21(14-17)33-3/h5-14H,4,15H2,1-3H3,(H,26,30). The first kappa shape index (κ1) is 22.8. The molecule has 0 fully saturated rings. The Balaban J connectivity index is 1.54. The summed E-state index contributed by atoms with van der Waals surface area (Å²) in [5.74, 6) is 1.11. The maximum absolute atomic E-state index is 13.0. The van der Waals surface area contributed by atoms with Crippen LogP contribution in [0.2, 0.25) is 0 Å². The smallest absolute Gasteiger partial charge is 0.263 e. The van der Waals surface area contributed by atoms with Crippen molar-refractivity contribution in [2.24, 2.45) is 0 Å². The van der Waals surface area contributed by atoms with E-state index in [1.807, 2.05) is 24.3 Å². The monoisotopic (exact) mass is 460 g/mol. The fraction of sp³-hybridized carbons (Fsp3) is 0.200. The van der Waals surface area contributed by atoms with Crippen LogP contribution in [0.3, 0.4) is 0 Å². The summed E-state index contributed by atoms with van der Waals surface area (Å²) in [6.45, 7) is 1.91. The lowest BCUT2D eigenvalue weighted by molar-refractivity contribution is -0.116. The molecule has 0 bridgehead atoms. The average Bonchev–Trinajstić information content (AvgIpc) is 3.35. The van der Waals surface area contributed by atoms with E-state index in [0.29, 0.717) is 28.6 Å². The molecule has 2 aromatic carbocycles. The number of aromatic nitrogens is 3. The van der Waals surface area contributed by atoms with E-state index in [1.54, 1.807) is 37.4 Å². The number of carbonyl (C=O) groups excluding carboxylic acids is 1. The first-order valence-corrected chi connectivity index (χ1v) is 10.7. The molecular weight excluding hydrogens is 436 g/mol. The van der Waals surface area contributed by atoms with Crippen molar-refractivity contribution in [3.8, 4) is 34.3 Å². The number of ether oxygens (including phenoxy) is 2. The quantitative estimate of drug-likeness (QED) is 0.426. The number of anilines is 1. The van der Waals surface area contributed by atoms with E-state index in [1.165, 1.54) is 23.4 Å². The molecule has 0 radical (unpaired) electrons. The third kappa shape index (κ3) is 4.83. The summed E-state index contributed by atoms with van der Waals surface area (Å²) < 4.78 is 17.2. The molecule has 174 valence electrons. The van der Waals surface area contributed by atoms with Gasteiger partial charge in [0.2, 0.25) is 11.7 Å². The molecule has 1 amide bonds. The molecule has 0 atom stereocenters. The molecule has 2 heterocycles. The number of carbonyl (C=O) groups is 1. The first-order valence-electron chi connectivity index (χ1n) is 10.7. The fourth-order valence-electron chi connectivity index (χ4n) is 3.43. The second-order valence-electron chi connectivity index (χ2n) is 7.45. The lowest BCUT2D eigenvalue weighted by atomic mass is 10.1. The highest BCUT2D eigenvalue weighted by Gasteiger charge is 2.17. The highest BCUT2D eigenvalue weighted by Crippen LogP contribution is 2.31. The molecule has 1 N–H and O–H groups in total. The van der Waals surface area contributed by atoms with Gasteiger partial charge in [-0.05, 0) is 54.4 Å². The van der Waals surface area contributed by atoms with Gasteiger partial charge < -0.3 is 23.9 Å². The lowest BCUT2D eigenvalue weighted by Gasteiger charge is -2.08. The van der Waals surface area contributed by atoms with E-state index in [2.05, 4.69) is 22.4 Å². The summed E-state index contributed by atoms with van der Waals surface area (Å²) in [4.78, 5) is 29.8. The Hall–Kier alpha value is -4.40. The van der Waals surface area contributed by atoms with Gasteiger partial charge in [0.15, 0.2) is 11.5 Å². The number of hydrogen-bond acceptors (Lipinski definition) is 7. The Morgan fingerprint density at radius 1 is 1.06 bits per heavy atom. The zero-order chi connectivity index (χ0) is 24.1. The summed E-state index contributed by atoms with van der Waals surface area (Å²) in [5.41, 5.74) is 2.26. The molecule has 0 spiro atoms. The number of pyridine rings is 1. The number of amides is 1. The summed E-state index contributed by atoms with van der Waals surface area (Å²) in [5, 5.41) is 6.79. The number of hydrogen-bond donors (Lipinski definition) is 1. The van der Waals surface area contributed by atoms with Crippen LogP contribution in [0.15, 0.2) is 70.1 Å². The fourth-order valence-corrected chi connectivity index (χ4v) is 3.43. The topological polar surface area (TPSA) is 108 Å². The SMILES string of the molecule is CCc1ccc(NC(=O)Cn2cccc(-c3nc(-c4ccc(OC)c(OC)c4)no3)c2=O)cc1. The van der Waals surface area contributed by atoms with Crippen molar-refractivity contribution in [2.45, 2.75) is 19.9 Å². The van der Waals surface area contributed by atoms with E-state index in [-0.39, 0.29) is 23.9 Å². The van der Waals surface area contributed by atoms with E-state index >= 15 is 0 Å². The van der Waals surface area contributed by atoms with Crippen molar-refractivity contribution >= 4 is 11.6 Å². The lowest BCUT2D eigenvalue weighted by Crippen LogP contribution is -2.28. The Kier molecular flexibility index (Phi) is 6.72. The highest BCUT2D eigenvalue weighted by atomic mass is 16.5. The van der Waals surface area contributed by atoms with Crippen LogP contribution in [-0.2, 0) is 17.8 Å². The van der Waals surface area contributed by atoms with Crippen molar-refractivity contribution in [1.29, 1.82) is 0 Å². The van der Waals surface area contributed by atoms with E-state index < -0.39 is 5.56 Å². The van der Waals surface area contributed by atoms with E-state index in [0.717, 1.165) is 6.42 Å². The highest BCUT2D eigenvalue weighted by molar-refractivity contribution is 5.90. The summed E-state index contributed by atoms with van der Waals surface area (Å²) in [7, 11) is 3.08. The number of nitrogens with zero attached hydrogens (tertiary/aromatic N) is 3. The minimum absolute atomic E-state index is 0.0553. The molecule has 0 saturated heterocycles. The van der Waals surface area contributed by atoms with Crippen molar-refractivity contribution in [3.05, 3.63) is 76.7 Å². The van der Waals surface area contributed by atoms with Gasteiger partial charge in [0.05, 0.1) is 14.2 Å². The minimum Gasteiger partial charge on any atom is -0.493 e. The van der Waals surface area contributed by atoms with Crippen LogP contribution in [0, 0.1) is 0 Å². The molecule has 34 heavy (non-hydrogen) atoms. The minimum atomic E-state index is -0.415. The van der Waals surface area contributed by atoms with Crippen LogP contribution < -0.4 is 20.3 Å². The molecule has 0 aliphatic heterocycles. The number of benzene rings is 2. The second-order valence-corrected chi connectivity index (χ2v) is 7.45. The van der Waals surface area contributed by atoms with E-state index in [4.69, 9.17) is 14.0 Å². The van der Waals surface area contributed by atoms with Gasteiger partial charge in [-0.2, -0.15) is 4.98 Å². The molecule has 2 aromatic heterocycles. The zero-order valence-corrected chi connectivity index (χ0v) is 19.1. The van der Waals surface area contributed by atoms with Gasteiger partial charge in [0.1, 0.15) is 12.1 Å². The zero-order valence-electron chi connectivity index (χ0n) is 19.1. The van der Waals surface area contributed by atoms with Gasteiger partial charge >= 0.3 is 0 Å². The summed E-state index contributed by atoms with van der Waals surface area (Å²) >= 11 is 0. The normalized spacial score (nSPS) is 10.7. The molecule has 9 nitrogen and oxygen atoms in total. The number of nitrogens with one attached hydrogen (secondary N) is 1. The number of aryl methyl sites for hydroxylation is 1. The third-order valence-electron chi connectivity index (χ3n) is 5.28. The predicted molar refractivity (Wildman–Crippen MR) is 127 cm³/mol. The molecule has 0 aliphatic rings. The molecular formula is C25H24N4O5. The van der Waals surface area contributed by atoms with Crippen molar-refractivity contribution in [3.63, 3.8) is 0 Å². The van der Waals surface area contributed by atoms with Crippen LogP contribution >= 0.6 is 0 Å². The van der Waals surface area contributed by atoms with Crippen LogP contribution in [0.5, 0.6) is 11.5 Å². The Labute approximate surface area is 196 Å². The number of methoxy groups -OCH3 is 2. The van der Waals surface area contributed by atoms with E-state index in [9.17, 15) is 9.59 Å². The predicted octanol–water partition coefficient (Wildman–Crippen LogP) is 3.78. The molecule has 4 rings (SSSR count). The Bertz CT molecular complexity index is 1360. The second kappa shape index (κ2) is 10.0. The maximum atomic E-state index is 13.0. The summed E-state index contributed by atoms with van der Waals surface area (Å²) in [6.07, 6.45) is 2.46. The molecule has 0 aliphatic carbocycles. The van der Waals surface area contributed by atoms with Gasteiger partial charge in [-0.1, -0.05) is 24.2 Å². The van der Waals surface area contributed by atoms with Crippen LogP contribution in [0.1, 0.15) is 12.5 Å². The molecule has 4 aromatic rings. The first-order chi connectivity index (χ1) is 16.5. The van der Waals surface area contributed by atoms with Gasteiger partial charge in [0, 0.05) is 17.4 Å². The average molecular weight is 460 g/mol. The largest absolute Gasteiger partial charge is 0.493 e. The van der Waals surface area contributed by atoms with Gasteiger partial charge in [-0.15, -0.1) is 0 Å². The summed E-state index contributed by atoms with van der Waals surface area (Å²) in [6, 6.07) is 16.0. The van der Waals surface area contributed by atoms with Crippen molar-refractivity contribution < 1.29 is 18.8 Å². The third-order valence-corrected chi connectivity index (χ3v) is 5.28. The van der Waals surface area contributed by atoms with Gasteiger partial charge in [-0.25, -0.2) is 0 Å². The Morgan fingerprint density at radius 2 is 1.82 bits per heavy atom. The van der Waals surface area contributed by atoms with Crippen LogP contribution in [0.4, 0.5) is 5.69 Å². The van der Waals surface area contributed by atoms with Gasteiger partial charge in [-0.3, -0.25) is 9.59 Å². The van der Waals surface area contributed by atoms with Crippen molar-refractivity contribution in [1.82, 2.24) is 14.7 Å². The molecule has 9 heteroatoms. The molecule has 0 saturated carbocycles. The Morgan fingerprint density at radius 3 is 2.53 bits per heavy atom. The van der Waals surface area contributed by atoms with Crippen molar-refractivity contribution in [2.75, 3.05) is 19.5 Å².